The van der Waals surface area contributed by atoms with Crippen LogP contribution in [0.2, 0.25) is 0 Å². The fourth-order valence-corrected chi connectivity index (χ4v) is 3.04. The van der Waals surface area contributed by atoms with E-state index in [0.717, 1.165) is 23.7 Å². The normalized spacial score (nSPS) is 12.4. The molecular weight excluding hydrogens is 336 g/mol. The number of hydrogen-bond donors (Lipinski definition) is 0. The summed E-state index contributed by atoms with van der Waals surface area (Å²) in [5, 5.41) is 0. The quantitative estimate of drug-likeness (QED) is 0.512. The Morgan fingerprint density at radius 1 is 1.04 bits per heavy atom. The van der Waals surface area contributed by atoms with E-state index in [1.807, 2.05) is 49.6 Å². The van der Waals surface area contributed by atoms with Crippen molar-refractivity contribution >= 4 is 0 Å². The van der Waals surface area contributed by atoms with Crippen molar-refractivity contribution in [1.82, 2.24) is 9.55 Å². The number of rotatable bonds is 9. The van der Waals surface area contributed by atoms with E-state index in [4.69, 9.17) is 9.47 Å². The van der Waals surface area contributed by atoms with Gasteiger partial charge in [0, 0.05) is 18.9 Å². The minimum absolute atomic E-state index is 0.118. The van der Waals surface area contributed by atoms with E-state index in [1.54, 1.807) is 7.11 Å². The van der Waals surface area contributed by atoms with Crippen molar-refractivity contribution in [3.05, 3.63) is 96.1 Å². The van der Waals surface area contributed by atoms with Gasteiger partial charge in [-0.3, -0.25) is 0 Å². The summed E-state index contributed by atoms with van der Waals surface area (Å²) in [4.78, 5) is 4.59. The van der Waals surface area contributed by atoms with Gasteiger partial charge in [0.15, 0.2) is 0 Å². The second-order valence-corrected chi connectivity index (χ2v) is 6.39. The maximum Gasteiger partial charge on any atom is 0.118 e. The highest BCUT2D eigenvalue weighted by Gasteiger charge is 2.15. The number of ether oxygens (including phenoxy) is 2. The van der Waals surface area contributed by atoms with Gasteiger partial charge in [-0.25, -0.2) is 4.98 Å². The minimum atomic E-state index is 0.118. The van der Waals surface area contributed by atoms with E-state index in [2.05, 4.69) is 46.0 Å². The molecule has 0 unspecified atom stereocenters. The van der Waals surface area contributed by atoms with Crippen molar-refractivity contribution in [1.29, 1.82) is 0 Å². The largest absolute Gasteiger partial charge is 0.497 e. The van der Waals surface area contributed by atoms with Crippen LogP contribution in [0.15, 0.2) is 79.1 Å². The van der Waals surface area contributed by atoms with Crippen LogP contribution in [0.5, 0.6) is 5.75 Å². The first kappa shape index (κ1) is 18.9. The van der Waals surface area contributed by atoms with Crippen molar-refractivity contribution < 1.29 is 9.47 Å². The second kappa shape index (κ2) is 9.74. The van der Waals surface area contributed by atoms with Gasteiger partial charge in [0.25, 0.3) is 0 Å². The number of benzene rings is 2. The molecule has 0 aliphatic heterocycles. The van der Waals surface area contributed by atoms with E-state index < -0.39 is 0 Å². The number of methoxy groups -OCH3 is 1. The lowest BCUT2D eigenvalue weighted by atomic mass is 10.1. The fraction of sp³-hybridized carbons (Fsp3) is 0.261. The third kappa shape index (κ3) is 5.31. The van der Waals surface area contributed by atoms with Crippen molar-refractivity contribution in [3.8, 4) is 5.75 Å². The SMILES string of the molecule is C/C=C/[C@H](COCc1ccc(OC)cc1)c1nccn1Cc1ccccc1. The Morgan fingerprint density at radius 3 is 2.52 bits per heavy atom. The Labute approximate surface area is 161 Å². The Bertz CT molecular complexity index is 838. The molecule has 1 atom stereocenters. The highest BCUT2D eigenvalue weighted by atomic mass is 16.5. The number of allylic oxidation sites excluding steroid dienone is 1. The molecule has 3 rings (SSSR count). The van der Waals surface area contributed by atoms with Gasteiger partial charge in [-0.15, -0.1) is 0 Å². The molecule has 0 saturated carbocycles. The fourth-order valence-electron chi connectivity index (χ4n) is 3.04. The summed E-state index contributed by atoms with van der Waals surface area (Å²) in [5.41, 5.74) is 2.39. The van der Waals surface area contributed by atoms with E-state index in [-0.39, 0.29) is 5.92 Å². The molecule has 0 amide bonds. The molecule has 0 saturated heterocycles. The molecule has 0 aliphatic rings. The van der Waals surface area contributed by atoms with E-state index in [9.17, 15) is 0 Å². The standard InChI is InChI=1S/C23H26N2O2/c1-3-7-21(18-27-17-20-10-12-22(26-2)13-11-20)23-24-14-15-25(23)16-19-8-5-4-6-9-19/h3-15,21H,16-18H2,1-2H3/b7-3+/t21-/m1/s1. The summed E-state index contributed by atoms with van der Waals surface area (Å²) >= 11 is 0. The van der Waals surface area contributed by atoms with E-state index in [0.29, 0.717) is 13.2 Å². The summed E-state index contributed by atoms with van der Waals surface area (Å²) in [7, 11) is 1.67. The molecule has 4 nitrogen and oxygen atoms in total. The van der Waals surface area contributed by atoms with Gasteiger partial charge in [0.1, 0.15) is 11.6 Å². The molecule has 0 bridgehead atoms. The monoisotopic (exact) mass is 362 g/mol. The van der Waals surface area contributed by atoms with Crippen LogP contribution in [-0.4, -0.2) is 23.3 Å². The molecule has 4 heteroatoms. The maximum absolute atomic E-state index is 5.99. The average Bonchev–Trinajstić information content (AvgIpc) is 3.16. The van der Waals surface area contributed by atoms with Crippen molar-refractivity contribution in [2.75, 3.05) is 13.7 Å². The highest BCUT2D eigenvalue weighted by molar-refractivity contribution is 5.26. The summed E-state index contributed by atoms with van der Waals surface area (Å²) in [5.74, 6) is 1.99. The first-order chi connectivity index (χ1) is 13.3. The molecule has 0 spiro atoms. The van der Waals surface area contributed by atoms with Gasteiger partial charge >= 0.3 is 0 Å². The van der Waals surface area contributed by atoms with Crippen molar-refractivity contribution in [2.45, 2.75) is 26.0 Å². The molecule has 1 aromatic heterocycles. The lowest BCUT2D eigenvalue weighted by molar-refractivity contribution is 0.113. The summed E-state index contributed by atoms with van der Waals surface area (Å²) < 4.78 is 13.4. The molecule has 140 valence electrons. The summed E-state index contributed by atoms with van der Waals surface area (Å²) in [6.07, 6.45) is 8.10. The number of aromatic nitrogens is 2. The van der Waals surface area contributed by atoms with Crippen LogP contribution in [0.25, 0.3) is 0 Å². The molecular formula is C23H26N2O2. The van der Waals surface area contributed by atoms with Gasteiger partial charge < -0.3 is 14.0 Å². The van der Waals surface area contributed by atoms with Gasteiger partial charge in [0.2, 0.25) is 0 Å². The smallest absolute Gasteiger partial charge is 0.118 e. The summed E-state index contributed by atoms with van der Waals surface area (Å²) in [6.45, 7) is 3.99. The van der Waals surface area contributed by atoms with Gasteiger partial charge in [-0.2, -0.15) is 0 Å². The lowest BCUT2D eigenvalue weighted by Crippen LogP contribution is -2.13. The molecule has 3 aromatic rings. The summed E-state index contributed by atoms with van der Waals surface area (Å²) in [6, 6.07) is 18.4. The average molecular weight is 362 g/mol. The third-order valence-corrected chi connectivity index (χ3v) is 4.43. The molecule has 27 heavy (non-hydrogen) atoms. The molecule has 2 aromatic carbocycles. The second-order valence-electron chi connectivity index (χ2n) is 6.39. The van der Waals surface area contributed by atoms with Crippen LogP contribution in [0.1, 0.15) is 29.8 Å². The Kier molecular flexibility index (Phi) is 6.83. The number of hydrogen-bond acceptors (Lipinski definition) is 3. The molecule has 0 aliphatic carbocycles. The Hall–Kier alpha value is -2.85. The molecule has 1 heterocycles. The topological polar surface area (TPSA) is 36.3 Å². The van der Waals surface area contributed by atoms with Gasteiger partial charge in [0.05, 0.1) is 26.2 Å². The third-order valence-electron chi connectivity index (χ3n) is 4.43. The van der Waals surface area contributed by atoms with Crippen molar-refractivity contribution in [2.24, 2.45) is 0 Å². The van der Waals surface area contributed by atoms with Crippen LogP contribution < -0.4 is 4.74 Å². The zero-order valence-corrected chi connectivity index (χ0v) is 15.9. The number of nitrogens with zero attached hydrogens (tertiary/aromatic N) is 2. The minimum Gasteiger partial charge on any atom is -0.497 e. The van der Waals surface area contributed by atoms with Crippen LogP contribution in [-0.2, 0) is 17.9 Å². The van der Waals surface area contributed by atoms with Gasteiger partial charge in [-0.1, -0.05) is 54.6 Å². The highest BCUT2D eigenvalue weighted by Crippen LogP contribution is 2.19. The number of imidazole rings is 1. The predicted molar refractivity (Wildman–Crippen MR) is 108 cm³/mol. The zero-order valence-electron chi connectivity index (χ0n) is 15.9. The first-order valence-electron chi connectivity index (χ1n) is 9.18. The first-order valence-corrected chi connectivity index (χ1v) is 9.18. The predicted octanol–water partition coefficient (Wildman–Crippen LogP) is 4.82. The Balaban J connectivity index is 1.64. The van der Waals surface area contributed by atoms with Gasteiger partial charge in [-0.05, 0) is 30.2 Å². The molecule has 0 N–H and O–H groups in total. The van der Waals surface area contributed by atoms with Crippen LogP contribution in [0, 0.1) is 0 Å². The van der Waals surface area contributed by atoms with E-state index >= 15 is 0 Å². The van der Waals surface area contributed by atoms with Crippen molar-refractivity contribution in [3.63, 3.8) is 0 Å². The zero-order chi connectivity index (χ0) is 18.9. The van der Waals surface area contributed by atoms with Crippen LogP contribution in [0.3, 0.4) is 0 Å². The Morgan fingerprint density at radius 2 is 1.81 bits per heavy atom. The lowest BCUT2D eigenvalue weighted by Gasteiger charge is -2.16. The van der Waals surface area contributed by atoms with E-state index in [1.165, 1.54) is 5.56 Å². The molecule has 0 fully saturated rings. The maximum atomic E-state index is 5.99. The van der Waals surface area contributed by atoms with Crippen LogP contribution in [0.4, 0.5) is 0 Å². The molecule has 0 radical (unpaired) electrons. The van der Waals surface area contributed by atoms with Crippen LogP contribution >= 0.6 is 0 Å².